The summed E-state index contributed by atoms with van der Waals surface area (Å²) in [5, 5.41) is 10.1. The van der Waals surface area contributed by atoms with Gasteiger partial charge in [0, 0.05) is 12.8 Å². The van der Waals surface area contributed by atoms with Crippen molar-refractivity contribution in [1.29, 1.82) is 0 Å². The van der Waals surface area contributed by atoms with Crippen LogP contribution in [0.4, 0.5) is 8.78 Å². The molecular formula is C14H18F2O2. The topological polar surface area (TPSA) is 29.5 Å². The number of aliphatic hydroxyl groups excluding tert-OH is 1. The van der Waals surface area contributed by atoms with Gasteiger partial charge in [-0.15, -0.1) is 0 Å². The fourth-order valence-electron chi connectivity index (χ4n) is 2.54. The van der Waals surface area contributed by atoms with Crippen LogP contribution in [0.2, 0.25) is 0 Å². The van der Waals surface area contributed by atoms with E-state index < -0.39 is 12.0 Å². The van der Waals surface area contributed by atoms with E-state index in [9.17, 15) is 13.9 Å². The van der Waals surface area contributed by atoms with Crippen molar-refractivity contribution in [3.8, 4) is 5.75 Å². The highest BCUT2D eigenvalue weighted by Crippen LogP contribution is 2.42. The summed E-state index contributed by atoms with van der Waals surface area (Å²) >= 11 is 0. The molecule has 1 aliphatic rings. The number of ether oxygens (including phenoxy) is 1. The van der Waals surface area contributed by atoms with Crippen molar-refractivity contribution < 1.29 is 18.6 Å². The molecule has 4 heteroatoms. The molecule has 2 rings (SSSR count). The van der Waals surface area contributed by atoms with Gasteiger partial charge in [0.1, 0.15) is 5.75 Å². The highest BCUT2D eigenvalue weighted by Gasteiger charge is 2.39. The zero-order chi connectivity index (χ0) is 13.2. The third-order valence-electron chi connectivity index (χ3n) is 3.54. The number of benzene rings is 1. The Labute approximate surface area is 106 Å². The Morgan fingerprint density at radius 3 is 2.89 bits per heavy atom. The summed E-state index contributed by atoms with van der Waals surface area (Å²) in [5.41, 5.74) is 0.726. The summed E-state index contributed by atoms with van der Waals surface area (Å²) in [5.74, 6) is -1.97. The van der Waals surface area contributed by atoms with Crippen molar-refractivity contribution in [2.75, 3.05) is 7.11 Å². The maximum Gasteiger partial charge on any atom is 0.248 e. The van der Waals surface area contributed by atoms with Crippen LogP contribution in [-0.4, -0.2) is 18.1 Å². The molecule has 0 heterocycles. The first-order chi connectivity index (χ1) is 8.50. The Bertz CT molecular complexity index is 407. The van der Waals surface area contributed by atoms with E-state index in [0.717, 1.165) is 5.56 Å². The van der Waals surface area contributed by atoms with Crippen LogP contribution in [0, 0.1) is 5.92 Å². The molecule has 1 fully saturated rings. The fraction of sp³-hybridized carbons (Fsp3) is 0.571. The number of alkyl halides is 2. The maximum atomic E-state index is 13.1. The van der Waals surface area contributed by atoms with E-state index in [1.165, 1.54) is 0 Å². The van der Waals surface area contributed by atoms with Gasteiger partial charge in [-0.1, -0.05) is 12.1 Å². The van der Waals surface area contributed by atoms with Gasteiger partial charge in [-0.3, -0.25) is 0 Å². The molecule has 18 heavy (non-hydrogen) atoms. The van der Waals surface area contributed by atoms with Crippen molar-refractivity contribution in [2.45, 2.75) is 37.7 Å². The molecule has 0 aromatic heterocycles. The molecule has 1 aliphatic carbocycles. The van der Waals surface area contributed by atoms with Gasteiger partial charge in [0.05, 0.1) is 13.2 Å². The molecule has 1 saturated carbocycles. The standard InChI is InChI=1S/C14H18F2O2/c1-18-12-4-2-3-11(8-12)13(17)7-10-5-6-14(15,16)9-10/h2-4,8,10,13,17H,5-7,9H2,1H3. The molecule has 0 bridgehead atoms. The van der Waals surface area contributed by atoms with Crippen LogP contribution < -0.4 is 4.74 Å². The van der Waals surface area contributed by atoms with Gasteiger partial charge in [0.25, 0.3) is 0 Å². The van der Waals surface area contributed by atoms with Gasteiger partial charge in [-0.2, -0.15) is 0 Å². The van der Waals surface area contributed by atoms with E-state index in [4.69, 9.17) is 4.74 Å². The Kier molecular flexibility index (Phi) is 3.85. The van der Waals surface area contributed by atoms with Crippen molar-refractivity contribution in [2.24, 2.45) is 5.92 Å². The van der Waals surface area contributed by atoms with Gasteiger partial charge in [-0.05, 0) is 36.5 Å². The van der Waals surface area contributed by atoms with Crippen LogP contribution in [0.5, 0.6) is 5.75 Å². The zero-order valence-corrected chi connectivity index (χ0v) is 10.4. The monoisotopic (exact) mass is 256 g/mol. The van der Waals surface area contributed by atoms with Crippen LogP contribution in [0.1, 0.15) is 37.4 Å². The van der Waals surface area contributed by atoms with E-state index in [1.54, 1.807) is 31.4 Å². The summed E-state index contributed by atoms with van der Waals surface area (Å²) in [6.45, 7) is 0. The van der Waals surface area contributed by atoms with Gasteiger partial charge < -0.3 is 9.84 Å². The van der Waals surface area contributed by atoms with E-state index in [0.29, 0.717) is 18.6 Å². The first-order valence-corrected chi connectivity index (χ1v) is 6.20. The lowest BCUT2D eigenvalue weighted by atomic mass is 9.95. The maximum absolute atomic E-state index is 13.1. The largest absolute Gasteiger partial charge is 0.497 e. The van der Waals surface area contributed by atoms with Gasteiger partial charge in [-0.25, -0.2) is 8.78 Å². The minimum Gasteiger partial charge on any atom is -0.497 e. The number of rotatable bonds is 4. The number of hydrogen-bond acceptors (Lipinski definition) is 2. The average molecular weight is 256 g/mol. The molecule has 0 amide bonds. The molecule has 2 atom stereocenters. The zero-order valence-electron chi connectivity index (χ0n) is 10.4. The molecule has 0 radical (unpaired) electrons. The third-order valence-corrected chi connectivity index (χ3v) is 3.54. The van der Waals surface area contributed by atoms with Crippen molar-refractivity contribution >= 4 is 0 Å². The second kappa shape index (κ2) is 5.22. The van der Waals surface area contributed by atoms with Crippen LogP contribution >= 0.6 is 0 Å². The SMILES string of the molecule is COc1cccc(C(O)CC2CCC(F)(F)C2)c1. The summed E-state index contributed by atoms with van der Waals surface area (Å²) in [6, 6.07) is 7.12. The first-order valence-electron chi connectivity index (χ1n) is 6.20. The normalized spacial score (nSPS) is 23.9. The summed E-state index contributed by atoms with van der Waals surface area (Å²) in [7, 11) is 1.56. The number of halogens is 2. The molecule has 1 N–H and O–H groups in total. The van der Waals surface area contributed by atoms with Crippen LogP contribution in [0.3, 0.4) is 0 Å². The van der Waals surface area contributed by atoms with E-state index in [1.807, 2.05) is 0 Å². The minimum atomic E-state index is -2.54. The summed E-state index contributed by atoms with van der Waals surface area (Å²) in [4.78, 5) is 0. The molecule has 1 aromatic rings. The van der Waals surface area contributed by atoms with E-state index >= 15 is 0 Å². The van der Waals surface area contributed by atoms with Gasteiger partial charge in [0.2, 0.25) is 5.92 Å². The summed E-state index contributed by atoms with van der Waals surface area (Å²) in [6.07, 6.45) is 0.0341. The summed E-state index contributed by atoms with van der Waals surface area (Å²) < 4.78 is 31.2. The Morgan fingerprint density at radius 1 is 1.50 bits per heavy atom. The number of methoxy groups -OCH3 is 1. The van der Waals surface area contributed by atoms with Crippen LogP contribution in [0.15, 0.2) is 24.3 Å². The molecule has 2 unspecified atom stereocenters. The second-order valence-electron chi connectivity index (χ2n) is 4.99. The number of aliphatic hydroxyl groups is 1. The second-order valence-corrected chi connectivity index (χ2v) is 4.99. The van der Waals surface area contributed by atoms with Crippen LogP contribution in [0.25, 0.3) is 0 Å². The van der Waals surface area contributed by atoms with Gasteiger partial charge >= 0.3 is 0 Å². The van der Waals surface area contributed by atoms with E-state index in [2.05, 4.69) is 0 Å². The van der Waals surface area contributed by atoms with Crippen molar-refractivity contribution in [3.05, 3.63) is 29.8 Å². The first kappa shape index (κ1) is 13.3. The molecule has 0 aliphatic heterocycles. The molecule has 0 spiro atoms. The Hall–Kier alpha value is -1.16. The van der Waals surface area contributed by atoms with Gasteiger partial charge in [0.15, 0.2) is 0 Å². The van der Waals surface area contributed by atoms with Crippen LogP contribution in [-0.2, 0) is 0 Å². The highest BCUT2D eigenvalue weighted by molar-refractivity contribution is 5.29. The lowest BCUT2D eigenvalue weighted by Crippen LogP contribution is -2.11. The van der Waals surface area contributed by atoms with Crippen molar-refractivity contribution in [3.63, 3.8) is 0 Å². The Morgan fingerprint density at radius 2 is 2.28 bits per heavy atom. The molecule has 2 nitrogen and oxygen atoms in total. The lowest BCUT2D eigenvalue weighted by molar-refractivity contribution is 0.00254. The average Bonchev–Trinajstić information content (AvgIpc) is 2.68. The molecule has 100 valence electrons. The minimum absolute atomic E-state index is 0.0531. The third kappa shape index (κ3) is 3.19. The highest BCUT2D eigenvalue weighted by atomic mass is 19.3. The van der Waals surface area contributed by atoms with E-state index in [-0.39, 0.29) is 18.8 Å². The molecular weight excluding hydrogens is 238 g/mol. The quantitative estimate of drug-likeness (QED) is 0.892. The smallest absolute Gasteiger partial charge is 0.248 e. The molecule has 0 saturated heterocycles. The predicted molar refractivity (Wildman–Crippen MR) is 64.9 cm³/mol. The number of hydrogen-bond donors (Lipinski definition) is 1. The molecule has 1 aromatic carbocycles. The fourth-order valence-corrected chi connectivity index (χ4v) is 2.54. The van der Waals surface area contributed by atoms with Crippen molar-refractivity contribution in [1.82, 2.24) is 0 Å². The Balaban J connectivity index is 1.97. The lowest BCUT2D eigenvalue weighted by Gasteiger charge is -2.16. The predicted octanol–water partition coefficient (Wildman–Crippen LogP) is 3.55.